The molecule has 0 saturated carbocycles. The van der Waals surface area contributed by atoms with Gasteiger partial charge in [0.1, 0.15) is 18.0 Å². The highest BCUT2D eigenvalue weighted by molar-refractivity contribution is 5.94. The van der Waals surface area contributed by atoms with Gasteiger partial charge in [-0.15, -0.1) is 0 Å². The summed E-state index contributed by atoms with van der Waals surface area (Å²) in [5.74, 6) is 0.444. The molecule has 2 aromatic rings. The summed E-state index contributed by atoms with van der Waals surface area (Å²) in [7, 11) is 3.48. The molecule has 29 heavy (non-hydrogen) atoms. The maximum atomic E-state index is 12.5. The number of methoxy groups -OCH3 is 1. The smallest absolute Gasteiger partial charge is 0.251 e. The van der Waals surface area contributed by atoms with Gasteiger partial charge in [-0.3, -0.25) is 9.69 Å². The quantitative estimate of drug-likeness (QED) is 0.614. The first-order valence-electron chi connectivity index (χ1n) is 9.64. The van der Waals surface area contributed by atoms with E-state index in [0.717, 1.165) is 5.56 Å². The van der Waals surface area contributed by atoms with E-state index in [4.69, 9.17) is 9.47 Å². The number of carbonyl (C=O) groups excluding carboxylic acids is 1. The Morgan fingerprint density at radius 3 is 2.45 bits per heavy atom. The van der Waals surface area contributed by atoms with Crippen LogP contribution in [0.25, 0.3) is 0 Å². The van der Waals surface area contributed by atoms with Gasteiger partial charge in [0.05, 0.1) is 25.9 Å². The van der Waals surface area contributed by atoms with Crippen molar-refractivity contribution >= 4 is 5.91 Å². The Hall–Kier alpha value is -2.45. The number of aliphatic hydroxyl groups excluding tert-OH is 2. The summed E-state index contributed by atoms with van der Waals surface area (Å²) in [5, 5.41) is 23.1. The molecule has 2 aromatic carbocycles. The van der Waals surface area contributed by atoms with Crippen molar-refractivity contribution in [3.63, 3.8) is 0 Å². The molecule has 156 valence electrons. The lowest BCUT2D eigenvalue weighted by Crippen LogP contribution is -2.49. The zero-order valence-corrected chi connectivity index (χ0v) is 16.7. The molecule has 0 spiro atoms. The standard InChI is InChI=1S/C22H28N2O5/c1-24(13-15-6-4-3-5-7-15)20-18(29-19(14-25)21(20)26)12-23-22(27)16-8-10-17(28-2)11-9-16/h3-11,18-21,25-26H,12-14H2,1-2H3,(H,23,27). The number of hydrogen-bond donors (Lipinski definition) is 3. The molecule has 3 rings (SSSR count). The molecule has 1 aliphatic rings. The monoisotopic (exact) mass is 400 g/mol. The molecule has 4 atom stereocenters. The predicted octanol–water partition coefficient (Wildman–Crippen LogP) is 1.05. The maximum absolute atomic E-state index is 12.5. The van der Waals surface area contributed by atoms with E-state index < -0.39 is 18.3 Å². The number of amides is 1. The van der Waals surface area contributed by atoms with E-state index in [9.17, 15) is 15.0 Å². The van der Waals surface area contributed by atoms with Gasteiger partial charge in [0.15, 0.2) is 0 Å². The van der Waals surface area contributed by atoms with Crippen LogP contribution in [0.4, 0.5) is 0 Å². The largest absolute Gasteiger partial charge is 0.497 e. The van der Waals surface area contributed by atoms with Crippen LogP contribution in [-0.4, -0.2) is 72.7 Å². The van der Waals surface area contributed by atoms with Crippen molar-refractivity contribution in [3.8, 4) is 5.75 Å². The van der Waals surface area contributed by atoms with Crippen molar-refractivity contribution in [3.05, 3.63) is 65.7 Å². The minimum atomic E-state index is -0.850. The summed E-state index contributed by atoms with van der Waals surface area (Å²) in [6, 6.07) is 16.4. The van der Waals surface area contributed by atoms with Gasteiger partial charge in [0.25, 0.3) is 5.91 Å². The van der Waals surface area contributed by atoms with Crippen molar-refractivity contribution in [2.45, 2.75) is 30.9 Å². The summed E-state index contributed by atoms with van der Waals surface area (Å²) in [6.07, 6.45) is -1.98. The average Bonchev–Trinajstić information content (AvgIpc) is 3.08. The minimum Gasteiger partial charge on any atom is -0.497 e. The first-order valence-corrected chi connectivity index (χ1v) is 9.64. The lowest BCUT2D eigenvalue weighted by molar-refractivity contribution is -0.0209. The van der Waals surface area contributed by atoms with Crippen LogP contribution in [0.2, 0.25) is 0 Å². The van der Waals surface area contributed by atoms with Crippen LogP contribution >= 0.6 is 0 Å². The average molecular weight is 400 g/mol. The van der Waals surface area contributed by atoms with E-state index in [1.165, 1.54) is 0 Å². The number of rotatable bonds is 8. The summed E-state index contributed by atoms with van der Waals surface area (Å²) < 4.78 is 10.9. The highest BCUT2D eigenvalue weighted by Crippen LogP contribution is 2.26. The van der Waals surface area contributed by atoms with Gasteiger partial charge in [-0.2, -0.15) is 0 Å². The van der Waals surface area contributed by atoms with Gasteiger partial charge in [0.2, 0.25) is 0 Å². The Bertz CT molecular complexity index is 784. The zero-order valence-electron chi connectivity index (χ0n) is 16.7. The summed E-state index contributed by atoms with van der Waals surface area (Å²) in [5.41, 5.74) is 1.62. The summed E-state index contributed by atoms with van der Waals surface area (Å²) in [4.78, 5) is 14.5. The Balaban J connectivity index is 1.65. The van der Waals surface area contributed by atoms with Crippen LogP contribution in [0.3, 0.4) is 0 Å². The Morgan fingerprint density at radius 1 is 1.14 bits per heavy atom. The molecule has 7 heteroatoms. The van der Waals surface area contributed by atoms with Gasteiger partial charge < -0.3 is 25.0 Å². The van der Waals surface area contributed by atoms with Crippen LogP contribution in [0.1, 0.15) is 15.9 Å². The fourth-order valence-corrected chi connectivity index (χ4v) is 3.70. The minimum absolute atomic E-state index is 0.224. The molecule has 1 saturated heterocycles. The second-order valence-corrected chi connectivity index (χ2v) is 7.22. The molecule has 7 nitrogen and oxygen atoms in total. The van der Waals surface area contributed by atoms with Crippen LogP contribution < -0.4 is 10.1 Å². The van der Waals surface area contributed by atoms with Gasteiger partial charge in [0, 0.05) is 18.7 Å². The van der Waals surface area contributed by atoms with Crippen molar-refractivity contribution in [2.24, 2.45) is 0 Å². The van der Waals surface area contributed by atoms with E-state index >= 15 is 0 Å². The van der Waals surface area contributed by atoms with Crippen molar-refractivity contribution in [2.75, 3.05) is 27.3 Å². The molecule has 0 radical (unpaired) electrons. The summed E-state index contributed by atoms with van der Waals surface area (Å²) in [6.45, 7) is 0.564. The van der Waals surface area contributed by atoms with Gasteiger partial charge in [-0.25, -0.2) is 0 Å². The van der Waals surface area contributed by atoms with E-state index in [-0.39, 0.29) is 25.1 Å². The molecular formula is C22H28N2O5. The maximum Gasteiger partial charge on any atom is 0.251 e. The third kappa shape index (κ3) is 5.13. The van der Waals surface area contributed by atoms with E-state index in [1.807, 2.05) is 42.3 Å². The molecule has 1 aliphatic heterocycles. The van der Waals surface area contributed by atoms with E-state index in [0.29, 0.717) is 17.9 Å². The van der Waals surface area contributed by atoms with E-state index in [2.05, 4.69) is 5.32 Å². The lowest BCUT2D eigenvalue weighted by atomic mass is 10.0. The van der Waals surface area contributed by atoms with Crippen molar-refractivity contribution in [1.82, 2.24) is 10.2 Å². The Kier molecular flexibility index (Phi) is 7.22. The zero-order chi connectivity index (χ0) is 20.8. The molecule has 3 N–H and O–H groups in total. The van der Waals surface area contributed by atoms with Crippen molar-refractivity contribution in [1.29, 1.82) is 0 Å². The molecule has 4 unspecified atom stereocenters. The molecular weight excluding hydrogens is 372 g/mol. The van der Waals surface area contributed by atoms with Crippen LogP contribution in [0.15, 0.2) is 54.6 Å². The Morgan fingerprint density at radius 2 is 1.83 bits per heavy atom. The van der Waals surface area contributed by atoms with Crippen LogP contribution in [0, 0.1) is 0 Å². The fraction of sp³-hybridized carbons (Fsp3) is 0.409. The summed E-state index contributed by atoms with van der Waals surface area (Å²) >= 11 is 0. The number of likely N-dealkylation sites (N-methyl/N-ethyl adjacent to an activating group) is 1. The third-order valence-corrected chi connectivity index (χ3v) is 5.24. The number of hydrogen-bond acceptors (Lipinski definition) is 6. The number of ether oxygens (including phenoxy) is 2. The number of nitrogens with zero attached hydrogens (tertiary/aromatic N) is 1. The van der Waals surface area contributed by atoms with Crippen LogP contribution in [0.5, 0.6) is 5.75 Å². The SMILES string of the molecule is COc1ccc(C(=O)NCC2OC(CO)C(O)C2N(C)Cc2ccccc2)cc1. The number of benzene rings is 2. The number of aliphatic hydroxyl groups is 2. The highest BCUT2D eigenvalue weighted by Gasteiger charge is 2.45. The third-order valence-electron chi connectivity index (χ3n) is 5.24. The highest BCUT2D eigenvalue weighted by atomic mass is 16.5. The lowest BCUT2D eigenvalue weighted by Gasteiger charge is -2.30. The van der Waals surface area contributed by atoms with Crippen LogP contribution in [-0.2, 0) is 11.3 Å². The predicted molar refractivity (Wildman–Crippen MR) is 109 cm³/mol. The normalized spacial score (nSPS) is 23.9. The first-order chi connectivity index (χ1) is 14.0. The second kappa shape index (κ2) is 9.84. The second-order valence-electron chi connectivity index (χ2n) is 7.22. The van der Waals surface area contributed by atoms with Gasteiger partial charge in [-0.1, -0.05) is 30.3 Å². The number of carbonyl (C=O) groups is 1. The fourth-order valence-electron chi connectivity index (χ4n) is 3.70. The van der Waals surface area contributed by atoms with Crippen molar-refractivity contribution < 1.29 is 24.5 Å². The van der Waals surface area contributed by atoms with Gasteiger partial charge >= 0.3 is 0 Å². The molecule has 1 heterocycles. The topological polar surface area (TPSA) is 91.3 Å². The number of nitrogens with one attached hydrogen (secondary N) is 1. The first kappa shape index (κ1) is 21.3. The molecule has 1 fully saturated rings. The van der Waals surface area contributed by atoms with Gasteiger partial charge in [-0.05, 0) is 36.9 Å². The molecule has 0 aliphatic carbocycles. The Labute approximate surface area is 170 Å². The molecule has 0 bridgehead atoms. The molecule has 0 aromatic heterocycles. The molecule has 1 amide bonds. The van der Waals surface area contributed by atoms with E-state index in [1.54, 1.807) is 31.4 Å².